The molecule has 0 saturated carbocycles. The van der Waals surface area contributed by atoms with Crippen LogP contribution in [0.25, 0.3) is 133 Å². The maximum absolute atomic E-state index is 6.69. The van der Waals surface area contributed by atoms with Crippen molar-refractivity contribution in [2.75, 3.05) is 0 Å². The first-order valence-corrected chi connectivity index (χ1v) is 20.8. The smallest absolute Gasteiger partial charge is 0.164 e. The number of para-hydroxylation sites is 3. The molecule has 0 spiro atoms. The summed E-state index contributed by atoms with van der Waals surface area (Å²) in [6.07, 6.45) is 3.64. The molecule has 7 nitrogen and oxygen atoms in total. The van der Waals surface area contributed by atoms with Crippen LogP contribution in [0.1, 0.15) is 0 Å². The first-order valence-electron chi connectivity index (χ1n) is 20.8. The highest BCUT2D eigenvalue weighted by Crippen LogP contribution is 2.43. The summed E-state index contributed by atoms with van der Waals surface area (Å²) in [5.74, 6) is 1.67. The molecule has 0 N–H and O–H groups in total. The molecule has 0 fully saturated rings. The van der Waals surface area contributed by atoms with E-state index in [4.69, 9.17) is 28.2 Å². The van der Waals surface area contributed by atoms with E-state index in [0.29, 0.717) is 17.5 Å². The molecule has 13 aromatic rings. The Morgan fingerprint density at radius 2 is 0.825 bits per heavy atom. The molecule has 8 aromatic carbocycles. The summed E-state index contributed by atoms with van der Waals surface area (Å²) < 4.78 is 19.3. The molecule has 5 heterocycles. The first-order chi connectivity index (χ1) is 31.2. The van der Waals surface area contributed by atoms with Crippen LogP contribution >= 0.6 is 0 Å². The van der Waals surface area contributed by atoms with E-state index < -0.39 is 0 Å². The molecular weight excluding hydrogens is 777 g/mol. The molecule has 0 amide bonds. The first kappa shape index (κ1) is 35.1. The van der Waals surface area contributed by atoms with Crippen molar-refractivity contribution >= 4 is 65.8 Å². The van der Waals surface area contributed by atoms with Crippen molar-refractivity contribution in [3.05, 3.63) is 194 Å². The molecule has 0 atom stereocenters. The number of furan rings is 3. The monoisotopic (exact) mass is 808 g/mol. The largest absolute Gasteiger partial charge is 0.456 e. The van der Waals surface area contributed by atoms with Crippen LogP contribution in [0.4, 0.5) is 0 Å². The predicted octanol–water partition coefficient (Wildman–Crippen LogP) is 15.0. The summed E-state index contributed by atoms with van der Waals surface area (Å²) in [5, 5.41) is 6.42. The molecule has 7 heteroatoms. The van der Waals surface area contributed by atoms with Crippen molar-refractivity contribution in [1.82, 2.24) is 19.9 Å². The van der Waals surface area contributed by atoms with Gasteiger partial charge in [0.2, 0.25) is 0 Å². The molecule has 0 unspecified atom stereocenters. The molecule has 63 heavy (non-hydrogen) atoms. The Labute approximate surface area is 359 Å². The molecule has 0 aliphatic rings. The summed E-state index contributed by atoms with van der Waals surface area (Å²) in [6, 6.07) is 62.0. The second-order valence-corrected chi connectivity index (χ2v) is 15.8. The van der Waals surface area contributed by atoms with Gasteiger partial charge in [-0.2, -0.15) is 0 Å². The van der Waals surface area contributed by atoms with E-state index in [1.807, 2.05) is 79.0 Å². The zero-order valence-corrected chi connectivity index (χ0v) is 33.5. The zero-order valence-electron chi connectivity index (χ0n) is 33.5. The van der Waals surface area contributed by atoms with Crippen LogP contribution in [0.3, 0.4) is 0 Å². The number of hydrogen-bond acceptors (Lipinski definition) is 7. The zero-order chi connectivity index (χ0) is 41.4. The SMILES string of the molecule is c1cncc(-c2ccccc2-c2nc(-c3ccc(-c4ccc(-c5ccc6c(c5)oc5ccccc56)c5oc6ccccc6c45)cc3)nc(-c3ccc4c(c3)oc3ccccc34)n2)c1. The van der Waals surface area contributed by atoms with Crippen LogP contribution in [0.2, 0.25) is 0 Å². The minimum absolute atomic E-state index is 0.547. The molecule has 0 radical (unpaired) electrons. The van der Waals surface area contributed by atoms with E-state index >= 15 is 0 Å². The fourth-order valence-corrected chi connectivity index (χ4v) is 9.06. The summed E-state index contributed by atoms with van der Waals surface area (Å²) in [7, 11) is 0. The van der Waals surface area contributed by atoms with E-state index in [2.05, 4.69) is 114 Å². The number of pyridine rings is 1. The van der Waals surface area contributed by atoms with Crippen molar-refractivity contribution in [1.29, 1.82) is 0 Å². The fraction of sp³-hybridized carbons (Fsp3) is 0. The average molecular weight is 809 g/mol. The third-order valence-corrected chi connectivity index (χ3v) is 12.1. The Balaban J connectivity index is 0.944. The van der Waals surface area contributed by atoms with Crippen LogP contribution in [0.5, 0.6) is 0 Å². The highest BCUT2D eigenvalue weighted by Gasteiger charge is 2.20. The quantitative estimate of drug-likeness (QED) is 0.165. The van der Waals surface area contributed by atoms with Gasteiger partial charge in [0.1, 0.15) is 33.5 Å². The lowest BCUT2D eigenvalue weighted by Crippen LogP contribution is -2.01. The van der Waals surface area contributed by atoms with Gasteiger partial charge in [-0.3, -0.25) is 4.98 Å². The minimum atomic E-state index is 0.547. The number of fused-ring (bicyclic) bond motifs is 9. The van der Waals surface area contributed by atoms with E-state index in [1.165, 1.54) is 0 Å². The van der Waals surface area contributed by atoms with Crippen molar-refractivity contribution < 1.29 is 13.3 Å². The number of nitrogens with zero attached hydrogens (tertiary/aromatic N) is 4. The lowest BCUT2D eigenvalue weighted by Gasteiger charge is -2.12. The standard InChI is InChI=1S/C56H32N4O3/c1-2-14-45(38(11-1)37-10-9-29-57-32-37)56-59-54(58-55(60-56)36-24-26-44-42-13-4-7-17-48(42)62-51(44)31-36)34-21-19-33(20-22-34)39-27-28-40(53-52(39)46-15-5-8-18-49(46)63-53)35-23-25-43-41-12-3-6-16-47(41)61-50(43)30-35/h1-32H. The fourth-order valence-electron chi connectivity index (χ4n) is 9.06. The number of rotatable bonds is 6. The molecular formula is C56H32N4O3. The van der Waals surface area contributed by atoms with Crippen LogP contribution in [0.15, 0.2) is 208 Å². The van der Waals surface area contributed by atoms with E-state index in [9.17, 15) is 0 Å². The highest BCUT2D eigenvalue weighted by molar-refractivity contribution is 6.17. The number of aromatic nitrogens is 4. The van der Waals surface area contributed by atoms with E-state index in [0.717, 1.165) is 116 Å². The highest BCUT2D eigenvalue weighted by atomic mass is 16.3. The normalized spacial score (nSPS) is 11.8. The molecule has 294 valence electrons. The van der Waals surface area contributed by atoms with Gasteiger partial charge in [0, 0.05) is 72.5 Å². The Morgan fingerprint density at radius 1 is 0.302 bits per heavy atom. The summed E-state index contributed by atoms with van der Waals surface area (Å²) in [4.78, 5) is 19.8. The van der Waals surface area contributed by atoms with Crippen LogP contribution in [-0.2, 0) is 0 Å². The lowest BCUT2D eigenvalue weighted by molar-refractivity contribution is 0.668. The molecule has 0 aliphatic heterocycles. The van der Waals surface area contributed by atoms with Crippen molar-refractivity contribution in [2.24, 2.45) is 0 Å². The van der Waals surface area contributed by atoms with Crippen LogP contribution in [0, 0.1) is 0 Å². The summed E-state index contributed by atoms with van der Waals surface area (Å²) >= 11 is 0. The second kappa shape index (κ2) is 13.9. The summed E-state index contributed by atoms with van der Waals surface area (Å²) in [6.45, 7) is 0. The van der Waals surface area contributed by atoms with Crippen LogP contribution in [-0.4, -0.2) is 19.9 Å². The van der Waals surface area contributed by atoms with Gasteiger partial charge in [-0.05, 0) is 76.9 Å². The van der Waals surface area contributed by atoms with Crippen molar-refractivity contribution in [3.63, 3.8) is 0 Å². The Morgan fingerprint density at radius 3 is 1.52 bits per heavy atom. The number of hydrogen-bond donors (Lipinski definition) is 0. The number of benzene rings is 8. The van der Waals surface area contributed by atoms with E-state index in [1.54, 1.807) is 6.20 Å². The van der Waals surface area contributed by atoms with Crippen molar-refractivity contribution in [2.45, 2.75) is 0 Å². The molecule has 5 aromatic heterocycles. The lowest BCUT2D eigenvalue weighted by atomic mass is 9.94. The summed E-state index contributed by atoms with van der Waals surface area (Å²) in [5.41, 5.74) is 13.7. The minimum Gasteiger partial charge on any atom is -0.456 e. The molecule has 13 rings (SSSR count). The van der Waals surface area contributed by atoms with Gasteiger partial charge in [0.15, 0.2) is 17.5 Å². The van der Waals surface area contributed by atoms with Gasteiger partial charge in [-0.1, -0.05) is 127 Å². The Kier molecular flexibility index (Phi) is 7.77. The van der Waals surface area contributed by atoms with Crippen molar-refractivity contribution in [3.8, 4) is 67.5 Å². The maximum Gasteiger partial charge on any atom is 0.164 e. The van der Waals surface area contributed by atoms with Gasteiger partial charge in [-0.15, -0.1) is 0 Å². The molecule has 0 bridgehead atoms. The van der Waals surface area contributed by atoms with Gasteiger partial charge < -0.3 is 13.3 Å². The van der Waals surface area contributed by atoms with Gasteiger partial charge in [0.25, 0.3) is 0 Å². The van der Waals surface area contributed by atoms with Gasteiger partial charge >= 0.3 is 0 Å². The third-order valence-electron chi connectivity index (χ3n) is 12.1. The molecule has 0 aliphatic carbocycles. The van der Waals surface area contributed by atoms with Gasteiger partial charge in [-0.25, -0.2) is 15.0 Å². The Bertz CT molecular complexity index is 3920. The average Bonchev–Trinajstić information content (AvgIpc) is 4.05. The molecule has 0 saturated heterocycles. The van der Waals surface area contributed by atoms with Gasteiger partial charge in [0.05, 0.1) is 0 Å². The van der Waals surface area contributed by atoms with E-state index in [-0.39, 0.29) is 0 Å². The Hall–Kier alpha value is -8.68. The topological polar surface area (TPSA) is 91.0 Å². The third kappa shape index (κ3) is 5.75. The predicted molar refractivity (Wildman–Crippen MR) is 252 cm³/mol. The maximum atomic E-state index is 6.69. The second-order valence-electron chi connectivity index (χ2n) is 15.8. The van der Waals surface area contributed by atoms with Crippen LogP contribution < -0.4 is 0 Å².